The van der Waals surface area contributed by atoms with Crippen molar-refractivity contribution in [3.63, 3.8) is 0 Å². The van der Waals surface area contributed by atoms with Crippen molar-refractivity contribution >= 4 is 12.1 Å². The molecule has 0 aliphatic carbocycles. The summed E-state index contributed by atoms with van der Waals surface area (Å²) < 4.78 is 10.6. The third-order valence-electron chi connectivity index (χ3n) is 4.04. The van der Waals surface area contributed by atoms with Crippen LogP contribution in [-0.2, 0) is 15.9 Å². The van der Waals surface area contributed by atoms with Crippen LogP contribution in [0.25, 0.3) is 0 Å². The Labute approximate surface area is 144 Å². The van der Waals surface area contributed by atoms with E-state index in [0.717, 1.165) is 12.8 Å². The Hall–Kier alpha value is -2.04. The van der Waals surface area contributed by atoms with Gasteiger partial charge in [-0.25, -0.2) is 9.59 Å². The van der Waals surface area contributed by atoms with E-state index in [4.69, 9.17) is 9.47 Å². The minimum atomic E-state index is -0.433. The summed E-state index contributed by atoms with van der Waals surface area (Å²) in [7, 11) is 0. The van der Waals surface area contributed by atoms with Gasteiger partial charge in [0.15, 0.2) is 0 Å². The summed E-state index contributed by atoms with van der Waals surface area (Å²) >= 11 is 0. The molecule has 0 radical (unpaired) electrons. The molecule has 1 aromatic carbocycles. The van der Waals surface area contributed by atoms with Crippen molar-refractivity contribution in [2.24, 2.45) is 0 Å². The van der Waals surface area contributed by atoms with Crippen LogP contribution >= 0.6 is 0 Å². The maximum absolute atomic E-state index is 12.3. The van der Waals surface area contributed by atoms with E-state index in [9.17, 15) is 9.59 Å². The topological polar surface area (TPSA) is 55.8 Å². The molecular formula is C19H29NO4. The Morgan fingerprint density at radius 2 is 1.71 bits per heavy atom. The van der Waals surface area contributed by atoms with Gasteiger partial charge in [-0.05, 0) is 51.8 Å². The lowest BCUT2D eigenvalue weighted by Crippen LogP contribution is -2.45. The summed E-state index contributed by atoms with van der Waals surface area (Å²) in [5.74, 6) is -0.377. The van der Waals surface area contributed by atoms with Gasteiger partial charge in [0.05, 0.1) is 18.2 Å². The molecule has 5 heteroatoms. The molecule has 0 aliphatic heterocycles. The molecule has 0 spiro atoms. The first-order valence-corrected chi connectivity index (χ1v) is 8.67. The number of ether oxygens (including phenoxy) is 2. The van der Waals surface area contributed by atoms with Crippen LogP contribution in [0.15, 0.2) is 24.3 Å². The van der Waals surface area contributed by atoms with Crippen molar-refractivity contribution in [2.45, 2.75) is 59.6 Å². The molecule has 2 atom stereocenters. The Bertz CT molecular complexity index is 527. The second-order valence-corrected chi connectivity index (χ2v) is 5.78. The Morgan fingerprint density at radius 3 is 2.21 bits per heavy atom. The SMILES string of the molecule is CCCc1ccc(C(=O)OC(C)C(C)N(CC)C(=O)OCC)cc1. The summed E-state index contributed by atoms with van der Waals surface area (Å²) in [6.07, 6.45) is 1.24. The van der Waals surface area contributed by atoms with E-state index in [0.29, 0.717) is 18.7 Å². The van der Waals surface area contributed by atoms with Gasteiger partial charge in [0.2, 0.25) is 0 Å². The van der Waals surface area contributed by atoms with Crippen LogP contribution in [0.1, 0.15) is 57.0 Å². The molecule has 2 unspecified atom stereocenters. The van der Waals surface area contributed by atoms with Crippen LogP contribution in [0.4, 0.5) is 4.79 Å². The van der Waals surface area contributed by atoms with E-state index in [-0.39, 0.29) is 18.1 Å². The number of likely N-dealkylation sites (N-methyl/N-ethyl adjacent to an activating group) is 1. The van der Waals surface area contributed by atoms with Crippen LogP contribution in [0.5, 0.6) is 0 Å². The van der Waals surface area contributed by atoms with E-state index < -0.39 is 6.10 Å². The molecule has 134 valence electrons. The molecule has 0 saturated carbocycles. The highest BCUT2D eigenvalue weighted by Gasteiger charge is 2.27. The molecule has 0 aliphatic rings. The summed E-state index contributed by atoms with van der Waals surface area (Å²) in [5.41, 5.74) is 1.73. The molecule has 0 N–H and O–H groups in total. The summed E-state index contributed by atoms with van der Waals surface area (Å²) in [4.78, 5) is 25.8. The Morgan fingerprint density at radius 1 is 1.08 bits per heavy atom. The molecular weight excluding hydrogens is 306 g/mol. The summed E-state index contributed by atoms with van der Waals surface area (Å²) in [5, 5.41) is 0. The summed E-state index contributed by atoms with van der Waals surface area (Å²) in [6.45, 7) is 10.2. The lowest BCUT2D eigenvalue weighted by molar-refractivity contribution is 0.00717. The first kappa shape index (κ1) is 20.0. The zero-order valence-corrected chi connectivity index (χ0v) is 15.4. The van der Waals surface area contributed by atoms with Gasteiger partial charge in [-0.3, -0.25) is 0 Å². The Kier molecular flexibility index (Phi) is 8.30. The number of hydrogen-bond acceptors (Lipinski definition) is 4. The van der Waals surface area contributed by atoms with E-state index >= 15 is 0 Å². The minimum Gasteiger partial charge on any atom is -0.457 e. The monoisotopic (exact) mass is 335 g/mol. The third kappa shape index (κ3) is 5.55. The maximum Gasteiger partial charge on any atom is 0.410 e. The number of hydrogen-bond donors (Lipinski definition) is 0. The molecule has 5 nitrogen and oxygen atoms in total. The van der Waals surface area contributed by atoms with Gasteiger partial charge >= 0.3 is 12.1 Å². The number of esters is 1. The number of nitrogens with zero attached hydrogens (tertiary/aromatic N) is 1. The fraction of sp³-hybridized carbons (Fsp3) is 0.579. The zero-order chi connectivity index (χ0) is 18.1. The van der Waals surface area contributed by atoms with E-state index in [1.807, 2.05) is 26.0 Å². The number of carbonyl (C=O) groups excluding carboxylic acids is 2. The molecule has 1 aromatic rings. The second kappa shape index (κ2) is 9.96. The highest BCUT2D eigenvalue weighted by Crippen LogP contribution is 2.13. The largest absolute Gasteiger partial charge is 0.457 e. The molecule has 24 heavy (non-hydrogen) atoms. The number of carbonyl (C=O) groups is 2. The van der Waals surface area contributed by atoms with Crippen LogP contribution in [-0.4, -0.2) is 42.3 Å². The van der Waals surface area contributed by atoms with Gasteiger partial charge in [-0.15, -0.1) is 0 Å². The van der Waals surface area contributed by atoms with Crippen molar-refractivity contribution in [3.05, 3.63) is 35.4 Å². The number of aryl methyl sites for hydroxylation is 1. The van der Waals surface area contributed by atoms with E-state index in [1.165, 1.54) is 5.56 Å². The molecule has 0 aromatic heterocycles. The predicted octanol–water partition coefficient (Wildman–Crippen LogP) is 4.05. The van der Waals surface area contributed by atoms with Crippen LogP contribution < -0.4 is 0 Å². The minimum absolute atomic E-state index is 0.266. The molecule has 0 bridgehead atoms. The fourth-order valence-electron chi connectivity index (χ4n) is 2.47. The average molecular weight is 335 g/mol. The summed E-state index contributed by atoms with van der Waals surface area (Å²) in [6, 6.07) is 7.20. The van der Waals surface area contributed by atoms with E-state index in [2.05, 4.69) is 6.92 Å². The van der Waals surface area contributed by atoms with Crippen LogP contribution in [0, 0.1) is 0 Å². The highest BCUT2D eigenvalue weighted by molar-refractivity contribution is 5.89. The molecule has 1 amide bonds. The second-order valence-electron chi connectivity index (χ2n) is 5.78. The smallest absolute Gasteiger partial charge is 0.410 e. The molecule has 0 fully saturated rings. The standard InChI is InChI=1S/C19H29NO4/c1-6-9-16-10-12-17(13-11-16)18(21)24-15(5)14(4)20(7-2)19(22)23-8-3/h10-15H,6-9H2,1-5H3. The average Bonchev–Trinajstić information content (AvgIpc) is 2.56. The zero-order valence-electron chi connectivity index (χ0n) is 15.4. The fourth-order valence-corrected chi connectivity index (χ4v) is 2.47. The van der Waals surface area contributed by atoms with Gasteiger partial charge in [-0.2, -0.15) is 0 Å². The third-order valence-corrected chi connectivity index (χ3v) is 4.04. The molecule has 1 rings (SSSR count). The van der Waals surface area contributed by atoms with Gasteiger partial charge < -0.3 is 14.4 Å². The predicted molar refractivity (Wildman–Crippen MR) is 94.2 cm³/mol. The van der Waals surface area contributed by atoms with Gasteiger partial charge in [0.25, 0.3) is 0 Å². The normalized spacial score (nSPS) is 13.0. The van der Waals surface area contributed by atoms with Crippen molar-refractivity contribution in [1.29, 1.82) is 0 Å². The van der Waals surface area contributed by atoms with Gasteiger partial charge in [0.1, 0.15) is 6.10 Å². The highest BCUT2D eigenvalue weighted by atomic mass is 16.6. The molecule has 0 saturated heterocycles. The van der Waals surface area contributed by atoms with Crippen LogP contribution in [0.2, 0.25) is 0 Å². The Balaban J connectivity index is 2.69. The van der Waals surface area contributed by atoms with Crippen molar-refractivity contribution < 1.29 is 19.1 Å². The number of benzene rings is 1. The van der Waals surface area contributed by atoms with Crippen LogP contribution in [0.3, 0.4) is 0 Å². The van der Waals surface area contributed by atoms with Crippen molar-refractivity contribution in [3.8, 4) is 0 Å². The first-order valence-electron chi connectivity index (χ1n) is 8.67. The van der Waals surface area contributed by atoms with Gasteiger partial charge in [-0.1, -0.05) is 25.5 Å². The van der Waals surface area contributed by atoms with E-state index in [1.54, 1.807) is 30.9 Å². The lowest BCUT2D eigenvalue weighted by Gasteiger charge is -2.31. The first-order chi connectivity index (χ1) is 11.4. The van der Waals surface area contributed by atoms with Gasteiger partial charge in [0, 0.05) is 6.54 Å². The lowest BCUT2D eigenvalue weighted by atomic mass is 10.1. The van der Waals surface area contributed by atoms with Crippen molar-refractivity contribution in [2.75, 3.05) is 13.2 Å². The number of amides is 1. The quantitative estimate of drug-likeness (QED) is 0.673. The maximum atomic E-state index is 12.3. The molecule has 0 heterocycles. The number of rotatable bonds is 8. The van der Waals surface area contributed by atoms with Crippen molar-refractivity contribution in [1.82, 2.24) is 4.90 Å².